The number of amides is 1. The Balaban J connectivity index is 2.33. The van der Waals surface area contributed by atoms with E-state index in [9.17, 15) is 4.79 Å². The zero-order valence-electron chi connectivity index (χ0n) is 16.9. The van der Waals surface area contributed by atoms with Gasteiger partial charge in [-0.15, -0.1) is 0 Å². The van der Waals surface area contributed by atoms with Crippen molar-refractivity contribution in [1.82, 2.24) is 20.4 Å². The van der Waals surface area contributed by atoms with E-state index in [2.05, 4.69) is 39.3 Å². The lowest BCUT2D eigenvalue weighted by atomic mass is 10.2. The molecule has 1 rings (SSSR count). The Morgan fingerprint density at radius 2 is 2.00 bits per heavy atom. The lowest BCUT2D eigenvalue weighted by molar-refractivity contribution is 0.0507. The molecule has 1 fully saturated rings. The van der Waals surface area contributed by atoms with Crippen molar-refractivity contribution in [2.24, 2.45) is 4.99 Å². The Hall–Kier alpha value is -1.50. The van der Waals surface area contributed by atoms with Crippen molar-refractivity contribution in [2.45, 2.75) is 59.1 Å². The predicted octanol–water partition coefficient (Wildman–Crippen LogP) is 1.89. The van der Waals surface area contributed by atoms with Crippen LogP contribution in [0.2, 0.25) is 0 Å². The smallest absolute Gasteiger partial charge is 0.407 e. The monoisotopic (exact) mass is 355 g/mol. The zero-order chi connectivity index (χ0) is 18.9. The Labute approximate surface area is 153 Å². The summed E-state index contributed by atoms with van der Waals surface area (Å²) in [5, 5.41) is 6.38. The van der Waals surface area contributed by atoms with Crippen molar-refractivity contribution >= 4 is 12.1 Å². The highest BCUT2D eigenvalue weighted by Crippen LogP contribution is 2.12. The second-order valence-corrected chi connectivity index (χ2v) is 7.43. The van der Waals surface area contributed by atoms with E-state index < -0.39 is 5.60 Å². The maximum atomic E-state index is 11.9. The Morgan fingerprint density at radius 3 is 2.56 bits per heavy atom. The van der Waals surface area contributed by atoms with E-state index >= 15 is 0 Å². The first-order valence-corrected chi connectivity index (χ1v) is 9.46. The van der Waals surface area contributed by atoms with E-state index in [-0.39, 0.29) is 12.1 Å². The van der Waals surface area contributed by atoms with Crippen molar-refractivity contribution < 1.29 is 9.53 Å². The molecule has 7 heteroatoms. The molecule has 0 spiro atoms. The lowest BCUT2D eigenvalue weighted by Crippen LogP contribution is -2.44. The van der Waals surface area contributed by atoms with Gasteiger partial charge in [-0.2, -0.15) is 0 Å². The van der Waals surface area contributed by atoms with Gasteiger partial charge in [-0.3, -0.25) is 4.99 Å². The van der Waals surface area contributed by atoms with Crippen LogP contribution in [-0.4, -0.2) is 79.8 Å². The van der Waals surface area contributed by atoms with Crippen LogP contribution in [0.25, 0.3) is 0 Å². The van der Waals surface area contributed by atoms with Crippen LogP contribution in [0, 0.1) is 0 Å². The Kier molecular flexibility index (Phi) is 9.03. The minimum atomic E-state index is -0.467. The molecule has 0 aromatic rings. The molecule has 7 nitrogen and oxygen atoms in total. The molecule has 146 valence electrons. The van der Waals surface area contributed by atoms with Gasteiger partial charge in [-0.1, -0.05) is 13.8 Å². The molecule has 1 aliphatic rings. The average molecular weight is 356 g/mol. The first-order chi connectivity index (χ1) is 11.8. The van der Waals surface area contributed by atoms with Crippen LogP contribution >= 0.6 is 0 Å². The van der Waals surface area contributed by atoms with Crippen LogP contribution in [0.5, 0.6) is 0 Å². The van der Waals surface area contributed by atoms with Crippen molar-refractivity contribution in [1.29, 1.82) is 0 Å². The molecular formula is C18H37N5O2. The van der Waals surface area contributed by atoms with Crippen LogP contribution in [-0.2, 0) is 4.74 Å². The third-order valence-corrected chi connectivity index (χ3v) is 4.25. The van der Waals surface area contributed by atoms with E-state index in [0.717, 1.165) is 58.1 Å². The quantitative estimate of drug-likeness (QED) is 0.415. The Morgan fingerprint density at radius 1 is 1.32 bits per heavy atom. The zero-order valence-corrected chi connectivity index (χ0v) is 16.9. The molecule has 1 aliphatic heterocycles. The fourth-order valence-corrected chi connectivity index (χ4v) is 2.92. The maximum absolute atomic E-state index is 11.9. The molecule has 1 amide bonds. The van der Waals surface area contributed by atoms with Crippen LogP contribution in [0.4, 0.5) is 4.79 Å². The van der Waals surface area contributed by atoms with Gasteiger partial charge in [-0.05, 0) is 53.2 Å². The van der Waals surface area contributed by atoms with Crippen molar-refractivity contribution in [3.05, 3.63) is 0 Å². The summed E-state index contributed by atoms with van der Waals surface area (Å²) < 4.78 is 5.33. The van der Waals surface area contributed by atoms with Gasteiger partial charge in [0.2, 0.25) is 0 Å². The SMILES string of the molecule is CCN(CC)CCCNC(=NC)N1CCC(NC(=O)OC(C)(C)C)C1. The molecule has 1 atom stereocenters. The number of hydrogen-bond acceptors (Lipinski definition) is 4. The van der Waals surface area contributed by atoms with Gasteiger partial charge in [0.1, 0.15) is 5.60 Å². The van der Waals surface area contributed by atoms with Gasteiger partial charge < -0.3 is 25.2 Å². The standard InChI is InChI=1S/C18H37N5O2/c1-7-22(8-2)12-9-11-20-16(19-6)23-13-10-15(14-23)21-17(24)25-18(3,4)5/h15H,7-14H2,1-6H3,(H,19,20)(H,21,24). The first-order valence-electron chi connectivity index (χ1n) is 9.46. The van der Waals surface area contributed by atoms with Crippen LogP contribution in [0.15, 0.2) is 4.99 Å². The van der Waals surface area contributed by atoms with Crippen molar-refractivity contribution in [3.8, 4) is 0 Å². The number of aliphatic imine (C=N–C) groups is 1. The van der Waals surface area contributed by atoms with Gasteiger partial charge in [0.25, 0.3) is 0 Å². The first kappa shape index (κ1) is 21.5. The van der Waals surface area contributed by atoms with E-state index in [4.69, 9.17) is 4.74 Å². The third-order valence-electron chi connectivity index (χ3n) is 4.25. The van der Waals surface area contributed by atoms with Crippen molar-refractivity contribution in [2.75, 3.05) is 46.3 Å². The van der Waals surface area contributed by atoms with E-state index in [0.29, 0.717) is 0 Å². The second-order valence-electron chi connectivity index (χ2n) is 7.43. The van der Waals surface area contributed by atoms with Gasteiger partial charge in [0.05, 0.1) is 6.04 Å². The number of hydrogen-bond donors (Lipinski definition) is 2. The summed E-state index contributed by atoms with van der Waals surface area (Å²) in [6, 6.07) is 0.101. The summed E-state index contributed by atoms with van der Waals surface area (Å²) in [5.41, 5.74) is -0.467. The normalized spacial score (nSPS) is 18.6. The molecule has 0 bridgehead atoms. The van der Waals surface area contributed by atoms with Crippen LogP contribution in [0.1, 0.15) is 47.5 Å². The summed E-state index contributed by atoms with van der Waals surface area (Å²) in [7, 11) is 1.81. The third kappa shape index (κ3) is 8.43. The largest absolute Gasteiger partial charge is 0.444 e. The predicted molar refractivity (Wildman–Crippen MR) is 103 cm³/mol. The molecule has 0 aromatic carbocycles. The fourth-order valence-electron chi connectivity index (χ4n) is 2.92. The molecular weight excluding hydrogens is 318 g/mol. The summed E-state index contributed by atoms with van der Waals surface area (Å²) >= 11 is 0. The second kappa shape index (κ2) is 10.5. The summed E-state index contributed by atoms with van der Waals surface area (Å²) in [6.45, 7) is 15.8. The maximum Gasteiger partial charge on any atom is 0.407 e. The van der Waals surface area contributed by atoms with Crippen molar-refractivity contribution in [3.63, 3.8) is 0 Å². The number of nitrogens with one attached hydrogen (secondary N) is 2. The van der Waals surface area contributed by atoms with Gasteiger partial charge in [-0.25, -0.2) is 4.79 Å². The average Bonchev–Trinajstić information content (AvgIpc) is 2.97. The van der Waals surface area contributed by atoms with Crippen LogP contribution in [0.3, 0.4) is 0 Å². The number of carbonyl (C=O) groups excluding carboxylic acids is 1. The number of alkyl carbamates (subject to hydrolysis) is 1. The van der Waals surface area contributed by atoms with E-state index in [1.807, 2.05) is 20.8 Å². The minimum Gasteiger partial charge on any atom is -0.444 e. The molecule has 0 saturated carbocycles. The van der Waals surface area contributed by atoms with Gasteiger partial charge >= 0.3 is 6.09 Å². The number of carbonyl (C=O) groups is 1. The molecule has 2 N–H and O–H groups in total. The number of nitrogens with zero attached hydrogens (tertiary/aromatic N) is 3. The summed E-state index contributed by atoms with van der Waals surface area (Å²) in [5.74, 6) is 0.910. The molecule has 0 radical (unpaired) electrons. The fraction of sp³-hybridized carbons (Fsp3) is 0.889. The molecule has 1 saturated heterocycles. The highest BCUT2D eigenvalue weighted by molar-refractivity contribution is 5.80. The number of rotatable bonds is 7. The summed E-state index contributed by atoms with van der Waals surface area (Å²) in [6.07, 6.45) is 1.65. The molecule has 1 heterocycles. The molecule has 25 heavy (non-hydrogen) atoms. The number of ether oxygens (including phenoxy) is 1. The molecule has 0 aliphatic carbocycles. The van der Waals surface area contributed by atoms with E-state index in [1.54, 1.807) is 7.05 Å². The molecule has 1 unspecified atom stereocenters. The highest BCUT2D eigenvalue weighted by Gasteiger charge is 2.27. The van der Waals surface area contributed by atoms with Gasteiger partial charge in [0, 0.05) is 26.7 Å². The van der Waals surface area contributed by atoms with Gasteiger partial charge in [0.15, 0.2) is 5.96 Å². The highest BCUT2D eigenvalue weighted by atomic mass is 16.6. The van der Waals surface area contributed by atoms with E-state index in [1.165, 1.54) is 0 Å². The topological polar surface area (TPSA) is 69.2 Å². The molecule has 0 aromatic heterocycles. The number of likely N-dealkylation sites (tertiary alicyclic amines) is 1. The Bertz CT molecular complexity index is 430. The number of guanidine groups is 1. The summed E-state index contributed by atoms with van der Waals surface area (Å²) in [4.78, 5) is 20.9. The van der Waals surface area contributed by atoms with Crippen LogP contribution < -0.4 is 10.6 Å². The lowest BCUT2D eigenvalue weighted by Gasteiger charge is -2.24. The minimum absolute atomic E-state index is 0.101.